The number of carbonyl (C=O) groups is 1. The highest BCUT2D eigenvalue weighted by Gasteiger charge is 2.29. The van der Waals surface area contributed by atoms with Crippen molar-refractivity contribution in [2.45, 2.75) is 26.2 Å². The van der Waals surface area contributed by atoms with Crippen molar-refractivity contribution in [2.24, 2.45) is 0 Å². The van der Waals surface area contributed by atoms with Crippen molar-refractivity contribution in [3.05, 3.63) is 59.2 Å². The predicted octanol–water partition coefficient (Wildman–Crippen LogP) is 4.34. The molecule has 1 aliphatic heterocycles. The van der Waals surface area contributed by atoms with Gasteiger partial charge >= 0.3 is 0 Å². The van der Waals surface area contributed by atoms with Crippen LogP contribution in [-0.2, 0) is 12.8 Å². The first-order chi connectivity index (χ1) is 13.5. The summed E-state index contributed by atoms with van der Waals surface area (Å²) in [5, 5.41) is 0. The Balaban J connectivity index is 2.11. The zero-order valence-corrected chi connectivity index (χ0v) is 17.0. The van der Waals surface area contributed by atoms with E-state index in [-0.39, 0.29) is 5.91 Å². The summed E-state index contributed by atoms with van der Waals surface area (Å²) in [7, 11) is 4.81. The van der Waals surface area contributed by atoms with Crippen molar-refractivity contribution in [2.75, 3.05) is 32.8 Å². The summed E-state index contributed by atoms with van der Waals surface area (Å²) in [5.41, 5.74) is 4.65. The Morgan fingerprint density at radius 3 is 2.54 bits per heavy atom. The number of aryl methyl sites for hydroxylation is 1. The van der Waals surface area contributed by atoms with Gasteiger partial charge in [-0.15, -0.1) is 6.58 Å². The van der Waals surface area contributed by atoms with E-state index in [0.29, 0.717) is 30.0 Å². The van der Waals surface area contributed by atoms with Crippen LogP contribution >= 0.6 is 0 Å². The third kappa shape index (κ3) is 3.44. The Bertz CT molecular complexity index is 904. The van der Waals surface area contributed by atoms with Crippen LogP contribution < -0.4 is 19.1 Å². The van der Waals surface area contributed by atoms with Gasteiger partial charge in [0.2, 0.25) is 0 Å². The minimum atomic E-state index is -0.0730. The average molecular weight is 381 g/mol. The molecule has 1 amide bonds. The zero-order chi connectivity index (χ0) is 20.3. The van der Waals surface area contributed by atoms with Crippen molar-refractivity contribution in [1.29, 1.82) is 0 Å². The summed E-state index contributed by atoms with van der Waals surface area (Å²) < 4.78 is 16.5. The Morgan fingerprint density at radius 1 is 1.14 bits per heavy atom. The maximum atomic E-state index is 13.5. The van der Waals surface area contributed by atoms with E-state index in [1.54, 1.807) is 33.5 Å². The van der Waals surface area contributed by atoms with Gasteiger partial charge in [0.05, 0.1) is 27.0 Å². The van der Waals surface area contributed by atoms with Gasteiger partial charge in [-0.05, 0) is 55.5 Å². The Hall–Kier alpha value is -2.95. The Morgan fingerprint density at radius 2 is 1.89 bits per heavy atom. The van der Waals surface area contributed by atoms with Crippen LogP contribution in [0.3, 0.4) is 0 Å². The van der Waals surface area contributed by atoms with Crippen LogP contribution in [0.1, 0.15) is 33.5 Å². The topological polar surface area (TPSA) is 48.0 Å². The largest absolute Gasteiger partial charge is 0.495 e. The lowest BCUT2D eigenvalue weighted by Gasteiger charge is -2.32. The lowest BCUT2D eigenvalue weighted by molar-refractivity contribution is 0.0984. The van der Waals surface area contributed by atoms with Gasteiger partial charge < -0.3 is 19.1 Å². The molecule has 0 N–H and O–H groups in total. The van der Waals surface area contributed by atoms with Crippen LogP contribution in [0.2, 0.25) is 0 Å². The maximum Gasteiger partial charge on any atom is 0.258 e. The van der Waals surface area contributed by atoms with Crippen LogP contribution in [0.5, 0.6) is 17.2 Å². The number of benzene rings is 2. The highest BCUT2D eigenvalue weighted by atomic mass is 16.5. The molecule has 3 rings (SSSR count). The standard InChI is InChI=1S/C23H27NO4/c1-6-8-16-13-17(14-20(27-4)22(16)28-5)23(25)24-12-7-9-18-15(2)10-11-19(26-3)21(18)24/h6,10-11,13-14H,1,7-9,12H2,2-5H3. The third-order valence-electron chi connectivity index (χ3n) is 5.19. The molecule has 0 aliphatic carbocycles. The minimum absolute atomic E-state index is 0.0730. The van der Waals surface area contributed by atoms with E-state index >= 15 is 0 Å². The van der Waals surface area contributed by atoms with Gasteiger partial charge in [0, 0.05) is 17.7 Å². The van der Waals surface area contributed by atoms with Gasteiger partial charge in [0.1, 0.15) is 5.75 Å². The molecule has 28 heavy (non-hydrogen) atoms. The van der Waals surface area contributed by atoms with Crippen LogP contribution in [0.15, 0.2) is 36.9 Å². The number of methoxy groups -OCH3 is 3. The molecule has 148 valence electrons. The van der Waals surface area contributed by atoms with E-state index in [4.69, 9.17) is 14.2 Å². The Labute approximate surface area is 166 Å². The molecule has 0 fully saturated rings. The van der Waals surface area contributed by atoms with Gasteiger partial charge in [-0.2, -0.15) is 0 Å². The highest BCUT2D eigenvalue weighted by Crippen LogP contribution is 2.40. The number of allylic oxidation sites excluding steroid dienone is 1. The predicted molar refractivity (Wildman–Crippen MR) is 111 cm³/mol. The number of carbonyl (C=O) groups excluding carboxylic acids is 1. The average Bonchev–Trinajstić information content (AvgIpc) is 2.73. The molecule has 0 saturated heterocycles. The van der Waals surface area contributed by atoms with E-state index in [0.717, 1.165) is 29.8 Å². The smallest absolute Gasteiger partial charge is 0.258 e. The van der Waals surface area contributed by atoms with Crippen LogP contribution in [0.25, 0.3) is 0 Å². The van der Waals surface area contributed by atoms with Crippen molar-refractivity contribution in [3.8, 4) is 17.2 Å². The first-order valence-corrected chi connectivity index (χ1v) is 9.39. The van der Waals surface area contributed by atoms with E-state index in [1.807, 2.05) is 23.1 Å². The van der Waals surface area contributed by atoms with Gasteiger partial charge in [-0.25, -0.2) is 0 Å². The SMILES string of the molecule is C=CCc1cc(C(=O)N2CCCc3c(C)ccc(OC)c32)cc(OC)c1OC. The molecule has 5 heteroatoms. The summed E-state index contributed by atoms with van der Waals surface area (Å²) in [5.74, 6) is 1.82. The van der Waals surface area contributed by atoms with Crippen molar-refractivity contribution < 1.29 is 19.0 Å². The second kappa shape index (κ2) is 8.38. The molecule has 0 unspecified atom stereocenters. The first kappa shape index (κ1) is 19.8. The summed E-state index contributed by atoms with van der Waals surface area (Å²) in [6, 6.07) is 7.58. The van der Waals surface area contributed by atoms with Crippen LogP contribution in [-0.4, -0.2) is 33.8 Å². The van der Waals surface area contributed by atoms with Gasteiger partial charge in [0.25, 0.3) is 5.91 Å². The number of hydrogen-bond acceptors (Lipinski definition) is 4. The number of fused-ring (bicyclic) bond motifs is 1. The third-order valence-corrected chi connectivity index (χ3v) is 5.19. The molecular formula is C23H27NO4. The van der Waals surface area contributed by atoms with E-state index < -0.39 is 0 Å². The molecule has 2 aromatic carbocycles. The van der Waals surface area contributed by atoms with Crippen LogP contribution in [0, 0.1) is 6.92 Å². The second-order valence-corrected chi connectivity index (χ2v) is 6.84. The minimum Gasteiger partial charge on any atom is -0.495 e. The van der Waals surface area contributed by atoms with E-state index in [1.165, 1.54) is 11.1 Å². The molecule has 1 heterocycles. The van der Waals surface area contributed by atoms with Crippen LogP contribution in [0.4, 0.5) is 5.69 Å². The molecule has 0 bridgehead atoms. The fourth-order valence-electron chi connectivity index (χ4n) is 3.85. The monoisotopic (exact) mass is 381 g/mol. The normalized spacial score (nSPS) is 12.9. The summed E-state index contributed by atoms with van der Waals surface area (Å²) in [6.07, 6.45) is 4.23. The molecule has 0 saturated carbocycles. The lowest BCUT2D eigenvalue weighted by Crippen LogP contribution is -2.36. The zero-order valence-electron chi connectivity index (χ0n) is 17.0. The lowest BCUT2D eigenvalue weighted by atomic mass is 9.95. The summed E-state index contributed by atoms with van der Waals surface area (Å²) in [4.78, 5) is 15.3. The van der Waals surface area contributed by atoms with Crippen molar-refractivity contribution >= 4 is 11.6 Å². The first-order valence-electron chi connectivity index (χ1n) is 9.39. The molecule has 1 aliphatic rings. The fraction of sp³-hybridized carbons (Fsp3) is 0.348. The molecule has 5 nitrogen and oxygen atoms in total. The summed E-state index contributed by atoms with van der Waals surface area (Å²) in [6.45, 7) is 6.53. The maximum absolute atomic E-state index is 13.5. The molecule has 2 aromatic rings. The molecule has 0 spiro atoms. The highest BCUT2D eigenvalue weighted by molar-refractivity contribution is 6.08. The van der Waals surface area contributed by atoms with Gasteiger partial charge in [0.15, 0.2) is 11.5 Å². The second-order valence-electron chi connectivity index (χ2n) is 6.84. The number of hydrogen-bond donors (Lipinski definition) is 0. The molecule has 0 atom stereocenters. The van der Waals surface area contributed by atoms with Crippen molar-refractivity contribution in [3.63, 3.8) is 0 Å². The van der Waals surface area contributed by atoms with Gasteiger partial charge in [-0.1, -0.05) is 12.1 Å². The molecular weight excluding hydrogens is 354 g/mol. The molecule has 0 radical (unpaired) electrons. The number of ether oxygens (including phenoxy) is 3. The molecule has 0 aromatic heterocycles. The Kier molecular flexibility index (Phi) is 5.93. The quantitative estimate of drug-likeness (QED) is 0.699. The number of nitrogens with zero attached hydrogens (tertiary/aromatic N) is 1. The number of rotatable bonds is 6. The fourth-order valence-corrected chi connectivity index (χ4v) is 3.85. The number of amides is 1. The van der Waals surface area contributed by atoms with E-state index in [9.17, 15) is 4.79 Å². The number of anilines is 1. The van der Waals surface area contributed by atoms with Gasteiger partial charge in [-0.3, -0.25) is 4.79 Å². The summed E-state index contributed by atoms with van der Waals surface area (Å²) >= 11 is 0. The van der Waals surface area contributed by atoms with E-state index in [2.05, 4.69) is 13.5 Å². The van der Waals surface area contributed by atoms with Crippen molar-refractivity contribution in [1.82, 2.24) is 0 Å².